The summed E-state index contributed by atoms with van der Waals surface area (Å²) in [6.45, 7) is 1.41. The first-order chi connectivity index (χ1) is 15.3. The molecule has 168 valence electrons. The van der Waals surface area contributed by atoms with Gasteiger partial charge in [0.05, 0.1) is 23.6 Å². The second kappa shape index (κ2) is 10.2. The molecule has 0 N–H and O–H groups in total. The van der Waals surface area contributed by atoms with Crippen molar-refractivity contribution in [2.75, 3.05) is 14.2 Å². The maximum Gasteiger partial charge on any atom is 0.328 e. The SMILES string of the molecule is COC(=O)[C@H](C)N1C(=O)S/C(=C/c2cc(Br)c(OCc3ccccc3F)c(OC)c2)C1=O. The van der Waals surface area contributed by atoms with Gasteiger partial charge in [0.25, 0.3) is 11.1 Å². The van der Waals surface area contributed by atoms with E-state index in [0.717, 1.165) is 16.7 Å². The number of halogens is 2. The van der Waals surface area contributed by atoms with Crippen LogP contribution in [0.1, 0.15) is 18.1 Å². The number of methoxy groups -OCH3 is 2. The van der Waals surface area contributed by atoms with Gasteiger partial charge in [0, 0.05) is 5.56 Å². The van der Waals surface area contributed by atoms with Crippen LogP contribution >= 0.6 is 27.7 Å². The van der Waals surface area contributed by atoms with Crippen LogP contribution in [0.3, 0.4) is 0 Å². The van der Waals surface area contributed by atoms with Gasteiger partial charge in [-0.25, -0.2) is 9.18 Å². The molecule has 1 saturated heterocycles. The first kappa shape index (κ1) is 23.8. The van der Waals surface area contributed by atoms with Crippen LogP contribution in [-0.2, 0) is 20.9 Å². The maximum absolute atomic E-state index is 13.9. The molecule has 1 atom stereocenters. The Morgan fingerprint density at radius 1 is 1.25 bits per heavy atom. The Hall–Kier alpha value is -2.85. The highest BCUT2D eigenvalue weighted by Crippen LogP contribution is 2.40. The number of ether oxygens (including phenoxy) is 3. The molecule has 32 heavy (non-hydrogen) atoms. The van der Waals surface area contributed by atoms with Crippen molar-refractivity contribution >= 4 is 50.9 Å². The number of imide groups is 1. The summed E-state index contributed by atoms with van der Waals surface area (Å²) in [5, 5.41) is -0.560. The molecule has 10 heteroatoms. The highest BCUT2D eigenvalue weighted by molar-refractivity contribution is 9.10. The lowest BCUT2D eigenvalue weighted by molar-refractivity contribution is -0.148. The van der Waals surface area contributed by atoms with Gasteiger partial charge < -0.3 is 14.2 Å². The Kier molecular flexibility index (Phi) is 7.57. The van der Waals surface area contributed by atoms with E-state index in [2.05, 4.69) is 20.7 Å². The topological polar surface area (TPSA) is 82.1 Å². The van der Waals surface area contributed by atoms with Crippen LogP contribution in [0.4, 0.5) is 9.18 Å². The number of carbonyl (C=O) groups excluding carboxylic acids is 3. The van der Waals surface area contributed by atoms with Crippen molar-refractivity contribution in [3.05, 3.63) is 62.7 Å². The van der Waals surface area contributed by atoms with Crippen LogP contribution in [0.25, 0.3) is 6.08 Å². The average molecular weight is 524 g/mol. The third-order valence-electron chi connectivity index (χ3n) is 4.63. The van der Waals surface area contributed by atoms with E-state index >= 15 is 0 Å². The zero-order valence-corrected chi connectivity index (χ0v) is 19.8. The minimum Gasteiger partial charge on any atom is -0.493 e. The first-order valence-corrected chi connectivity index (χ1v) is 11.0. The van der Waals surface area contributed by atoms with Crippen LogP contribution in [0.2, 0.25) is 0 Å². The van der Waals surface area contributed by atoms with Crippen LogP contribution < -0.4 is 9.47 Å². The van der Waals surface area contributed by atoms with Crippen LogP contribution in [-0.4, -0.2) is 42.3 Å². The van der Waals surface area contributed by atoms with E-state index in [0.29, 0.717) is 27.1 Å². The Bertz CT molecular complexity index is 1110. The summed E-state index contributed by atoms with van der Waals surface area (Å²) in [5.41, 5.74) is 0.946. The van der Waals surface area contributed by atoms with Crippen molar-refractivity contribution in [2.24, 2.45) is 0 Å². The fourth-order valence-corrected chi connectivity index (χ4v) is 4.45. The van der Waals surface area contributed by atoms with Crippen molar-refractivity contribution in [3.63, 3.8) is 0 Å². The van der Waals surface area contributed by atoms with Gasteiger partial charge in [0.2, 0.25) is 0 Å². The van der Waals surface area contributed by atoms with Crippen molar-refractivity contribution in [2.45, 2.75) is 19.6 Å². The number of nitrogens with zero attached hydrogens (tertiary/aromatic N) is 1. The zero-order valence-electron chi connectivity index (χ0n) is 17.4. The minimum absolute atomic E-state index is 0.00865. The second-order valence-electron chi connectivity index (χ2n) is 6.67. The molecule has 1 heterocycles. The number of amides is 2. The third-order valence-corrected chi connectivity index (χ3v) is 6.11. The van der Waals surface area contributed by atoms with Gasteiger partial charge in [-0.3, -0.25) is 14.5 Å². The number of hydrogen-bond acceptors (Lipinski definition) is 7. The fraction of sp³-hybridized carbons (Fsp3) is 0.227. The molecule has 1 aliphatic heterocycles. The van der Waals surface area contributed by atoms with E-state index in [1.807, 2.05) is 0 Å². The lowest BCUT2D eigenvalue weighted by atomic mass is 10.1. The number of carbonyl (C=O) groups is 3. The van der Waals surface area contributed by atoms with Gasteiger partial charge >= 0.3 is 5.97 Å². The zero-order chi connectivity index (χ0) is 23.4. The standard InChI is InChI=1S/C22H19BrFNO6S/c1-12(21(27)30-3)25-20(26)18(32-22(25)28)10-13-8-15(23)19(17(9-13)29-2)31-11-14-6-4-5-7-16(14)24/h4-10,12H,11H2,1-3H3/b18-10+/t12-/m0/s1. The predicted octanol–water partition coefficient (Wildman–Crippen LogP) is 4.77. The first-order valence-electron chi connectivity index (χ1n) is 9.35. The Labute approximate surface area is 196 Å². The van der Waals surface area contributed by atoms with Crippen molar-refractivity contribution in [3.8, 4) is 11.5 Å². The van der Waals surface area contributed by atoms with Gasteiger partial charge in [-0.05, 0) is 64.5 Å². The van der Waals surface area contributed by atoms with Crippen LogP contribution in [0.5, 0.6) is 11.5 Å². The maximum atomic E-state index is 13.9. The molecule has 1 fully saturated rings. The van der Waals surface area contributed by atoms with Crippen molar-refractivity contribution in [1.29, 1.82) is 0 Å². The van der Waals surface area contributed by atoms with Crippen LogP contribution in [0.15, 0.2) is 45.8 Å². The van der Waals surface area contributed by atoms with E-state index < -0.39 is 23.2 Å². The normalized spacial score (nSPS) is 15.8. The quantitative estimate of drug-likeness (QED) is 0.381. The van der Waals surface area contributed by atoms with Crippen molar-refractivity contribution < 1.29 is 33.0 Å². The molecule has 2 aromatic carbocycles. The highest BCUT2D eigenvalue weighted by Gasteiger charge is 2.41. The largest absolute Gasteiger partial charge is 0.493 e. The molecule has 0 bridgehead atoms. The Morgan fingerprint density at radius 2 is 1.97 bits per heavy atom. The lowest BCUT2D eigenvalue weighted by Crippen LogP contribution is -2.42. The van der Waals surface area contributed by atoms with E-state index in [1.54, 1.807) is 30.3 Å². The molecule has 0 radical (unpaired) electrons. The average Bonchev–Trinajstić information content (AvgIpc) is 3.05. The van der Waals surface area contributed by atoms with Gasteiger partial charge in [-0.1, -0.05) is 18.2 Å². The molecule has 0 unspecified atom stereocenters. The molecule has 0 saturated carbocycles. The van der Waals surface area contributed by atoms with E-state index in [1.165, 1.54) is 33.3 Å². The molecule has 2 aromatic rings. The molecular formula is C22H19BrFNO6S. The number of thioether (sulfide) groups is 1. The van der Waals surface area contributed by atoms with Crippen molar-refractivity contribution in [1.82, 2.24) is 4.90 Å². The monoisotopic (exact) mass is 523 g/mol. The lowest BCUT2D eigenvalue weighted by Gasteiger charge is -2.18. The summed E-state index contributed by atoms with van der Waals surface area (Å²) in [6.07, 6.45) is 1.52. The summed E-state index contributed by atoms with van der Waals surface area (Å²) in [7, 11) is 2.64. The van der Waals surface area contributed by atoms with Gasteiger partial charge in [-0.2, -0.15) is 0 Å². The molecule has 7 nitrogen and oxygen atoms in total. The highest BCUT2D eigenvalue weighted by atomic mass is 79.9. The minimum atomic E-state index is -1.03. The summed E-state index contributed by atoms with van der Waals surface area (Å²) >= 11 is 4.14. The van der Waals surface area contributed by atoms with Gasteiger partial charge in [0.15, 0.2) is 11.5 Å². The van der Waals surface area contributed by atoms with Gasteiger partial charge in [-0.15, -0.1) is 0 Å². The van der Waals surface area contributed by atoms with Gasteiger partial charge in [0.1, 0.15) is 18.5 Å². The summed E-state index contributed by atoms with van der Waals surface area (Å²) < 4.78 is 30.2. The van der Waals surface area contributed by atoms with E-state index in [-0.39, 0.29) is 17.3 Å². The summed E-state index contributed by atoms with van der Waals surface area (Å²) in [4.78, 5) is 37.7. The Morgan fingerprint density at radius 3 is 2.62 bits per heavy atom. The molecule has 0 aromatic heterocycles. The third kappa shape index (κ3) is 4.97. The molecule has 3 rings (SSSR count). The second-order valence-corrected chi connectivity index (χ2v) is 8.51. The van der Waals surface area contributed by atoms with E-state index in [4.69, 9.17) is 9.47 Å². The molecule has 1 aliphatic rings. The molecule has 0 spiro atoms. The molecule has 0 aliphatic carbocycles. The predicted molar refractivity (Wildman–Crippen MR) is 121 cm³/mol. The number of rotatable bonds is 7. The van der Waals surface area contributed by atoms with E-state index in [9.17, 15) is 18.8 Å². The molecule has 2 amide bonds. The number of benzene rings is 2. The van der Waals surface area contributed by atoms with Crippen LogP contribution in [0, 0.1) is 5.82 Å². The Balaban J connectivity index is 1.85. The number of esters is 1. The smallest absolute Gasteiger partial charge is 0.328 e. The fourth-order valence-electron chi connectivity index (χ4n) is 2.97. The molecular weight excluding hydrogens is 505 g/mol. The summed E-state index contributed by atoms with van der Waals surface area (Å²) in [5.74, 6) is -0.942. The number of hydrogen-bond donors (Lipinski definition) is 0. The summed E-state index contributed by atoms with van der Waals surface area (Å²) in [6, 6.07) is 8.55.